The molecule has 0 radical (unpaired) electrons. The van der Waals surface area contributed by atoms with Gasteiger partial charge in [0.25, 0.3) is 0 Å². The third-order valence-electron chi connectivity index (χ3n) is 4.70. The van der Waals surface area contributed by atoms with Crippen molar-refractivity contribution >= 4 is 5.91 Å². The van der Waals surface area contributed by atoms with Crippen molar-refractivity contribution in [3.63, 3.8) is 0 Å². The summed E-state index contributed by atoms with van der Waals surface area (Å²) in [6.07, 6.45) is -2.96. The number of hydrogen-bond donors (Lipinski definition) is 1. The molecule has 0 atom stereocenters. The Hall–Kier alpha value is -3.00. The molecule has 1 N–H and O–H groups in total. The Morgan fingerprint density at radius 2 is 2.03 bits per heavy atom. The Morgan fingerprint density at radius 3 is 2.62 bits per heavy atom. The molecule has 1 aliphatic rings. The Labute approximate surface area is 166 Å². The van der Waals surface area contributed by atoms with Crippen LogP contribution in [0.4, 0.5) is 13.2 Å². The summed E-state index contributed by atoms with van der Waals surface area (Å²) < 4.78 is 46.8. The fourth-order valence-electron chi connectivity index (χ4n) is 3.38. The molecule has 0 aromatic heterocycles. The van der Waals surface area contributed by atoms with E-state index >= 15 is 0 Å². The lowest BCUT2D eigenvalue weighted by Crippen LogP contribution is -2.24. The van der Waals surface area contributed by atoms with Gasteiger partial charge in [-0.25, -0.2) is 0 Å². The number of alkyl halides is 3. The molecule has 1 heterocycles. The van der Waals surface area contributed by atoms with Crippen LogP contribution in [-0.4, -0.2) is 35.9 Å². The summed E-state index contributed by atoms with van der Waals surface area (Å²) in [6, 6.07) is 7.29. The van der Waals surface area contributed by atoms with Gasteiger partial charge in [0.2, 0.25) is 5.91 Å². The summed E-state index contributed by atoms with van der Waals surface area (Å²) in [6.45, 7) is 3.94. The zero-order valence-corrected chi connectivity index (χ0v) is 15.8. The number of rotatable bonds is 6. The number of aliphatic hydroxyl groups is 1. The predicted molar refractivity (Wildman–Crippen MR) is 100 cm³/mol. The second-order valence-electron chi connectivity index (χ2n) is 6.60. The number of fused-ring (bicyclic) bond motifs is 1. The van der Waals surface area contributed by atoms with Crippen LogP contribution in [0.25, 0.3) is 11.1 Å². The maximum absolute atomic E-state index is 12.4. The monoisotopic (exact) mass is 407 g/mol. The Morgan fingerprint density at radius 1 is 1.34 bits per heavy atom. The number of carbonyl (C=O) groups is 1. The first-order chi connectivity index (χ1) is 13.7. The summed E-state index contributed by atoms with van der Waals surface area (Å²) in [5, 5.41) is 9.90. The van der Waals surface area contributed by atoms with Crippen molar-refractivity contribution < 1.29 is 32.5 Å². The summed E-state index contributed by atoms with van der Waals surface area (Å²) in [4.78, 5) is 13.3. The van der Waals surface area contributed by atoms with E-state index in [9.17, 15) is 23.1 Å². The zero-order valence-electron chi connectivity index (χ0n) is 15.8. The average Bonchev–Trinajstić information content (AvgIpc) is 3.15. The molecule has 0 saturated carbocycles. The van der Waals surface area contributed by atoms with E-state index in [-0.39, 0.29) is 24.8 Å². The molecule has 29 heavy (non-hydrogen) atoms. The highest BCUT2D eigenvalue weighted by Gasteiger charge is 2.31. The number of amides is 1. The molecule has 0 spiro atoms. The van der Waals surface area contributed by atoms with Crippen molar-refractivity contribution in [2.24, 2.45) is 0 Å². The highest BCUT2D eigenvalue weighted by atomic mass is 19.4. The summed E-state index contributed by atoms with van der Waals surface area (Å²) in [7, 11) is 1.62. The normalized spacial score (nSPS) is 12.9. The van der Waals surface area contributed by atoms with Crippen LogP contribution in [0, 0.1) is 0 Å². The van der Waals surface area contributed by atoms with Gasteiger partial charge in [0, 0.05) is 31.1 Å². The molecule has 2 aromatic carbocycles. The molecular formula is C21H20F3NO4. The van der Waals surface area contributed by atoms with Crippen molar-refractivity contribution in [1.29, 1.82) is 0 Å². The van der Waals surface area contributed by atoms with Gasteiger partial charge in [-0.05, 0) is 41.0 Å². The molecule has 1 aliphatic heterocycles. The molecule has 8 heteroatoms. The molecule has 1 amide bonds. The average molecular weight is 407 g/mol. The topological polar surface area (TPSA) is 59.0 Å². The van der Waals surface area contributed by atoms with Crippen LogP contribution in [0.5, 0.6) is 11.5 Å². The number of hydrogen-bond acceptors (Lipinski definition) is 4. The molecule has 0 bridgehead atoms. The number of ether oxygens (including phenoxy) is 2. The quantitative estimate of drug-likeness (QED) is 0.740. The van der Waals surface area contributed by atoms with Gasteiger partial charge in [-0.3, -0.25) is 4.79 Å². The first-order valence-corrected chi connectivity index (χ1v) is 8.88. The van der Waals surface area contributed by atoms with E-state index in [0.29, 0.717) is 35.5 Å². The SMILES string of the molecule is C=CC(=O)N(C)Cc1cc(-c2ccc(OC(F)(F)F)cc2)c2c(c1CO)CCO2. The van der Waals surface area contributed by atoms with Crippen molar-refractivity contribution in [1.82, 2.24) is 4.90 Å². The van der Waals surface area contributed by atoms with Crippen molar-refractivity contribution in [3.05, 3.63) is 59.7 Å². The fourth-order valence-corrected chi connectivity index (χ4v) is 3.38. The lowest BCUT2D eigenvalue weighted by Gasteiger charge is -2.21. The van der Waals surface area contributed by atoms with E-state index < -0.39 is 6.36 Å². The molecular weight excluding hydrogens is 387 g/mol. The lowest BCUT2D eigenvalue weighted by atomic mass is 9.92. The van der Waals surface area contributed by atoms with Crippen LogP contribution >= 0.6 is 0 Å². The second-order valence-corrected chi connectivity index (χ2v) is 6.60. The van der Waals surface area contributed by atoms with Crippen LogP contribution < -0.4 is 9.47 Å². The third-order valence-corrected chi connectivity index (χ3v) is 4.70. The Bertz CT molecular complexity index is 923. The summed E-state index contributed by atoms with van der Waals surface area (Å²) in [5.41, 5.74) is 3.60. The van der Waals surface area contributed by atoms with Gasteiger partial charge in [0.05, 0.1) is 13.2 Å². The van der Waals surface area contributed by atoms with E-state index in [2.05, 4.69) is 11.3 Å². The predicted octanol–water partition coefficient (Wildman–Crippen LogP) is 3.82. The maximum Gasteiger partial charge on any atom is 0.573 e. The minimum atomic E-state index is -4.76. The van der Waals surface area contributed by atoms with Crippen LogP contribution in [0.1, 0.15) is 16.7 Å². The van der Waals surface area contributed by atoms with Gasteiger partial charge in [-0.2, -0.15) is 0 Å². The van der Waals surface area contributed by atoms with E-state index in [4.69, 9.17) is 4.74 Å². The lowest BCUT2D eigenvalue weighted by molar-refractivity contribution is -0.274. The summed E-state index contributed by atoms with van der Waals surface area (Å²) in [5.74, 6) is 0.0168. The number of benzene rings is 2. The Balaban J connectivity index is 2.02. The van der Waals surface area contributed by atoms with Crippen LogP contribution in [0.15, 0.2) is 43.0 Å². The van der Waals surface area contributed by atoms with E-state index in [1.165, 1.54) is 35.2 Å². The standard InChI is InChI=1S/C21H20F3NO4/c1-3-19(27)25(2)11-14-10-17(20-16(8-9-28-20)18(14)12-26)13-4-6-15(7-5-13)29-21(22,23)24/h3-7,10,26H,1,8-9,11-12H2,2H3. The van der Waals surface area contributed by atoms with Gasteiger partial charge in [-0.15, -0.1) is 13.2 Å². The largest absolute Gasteiger partial charge is 0.573 e. The van der Waals surface area contributed by atoms with E-state index in [1.54, 1.807) is 13.1 Å². The van der Waals surface area contributed by atoms with Crippen molar-refractivity contribution in [3.8, 4) is 22.6 Å². The molecule has 154 valence electrons. The molecule has 3 rings (SSSR count). The van der Waals surface area contributed by atoms with Crippen molar-refractivity contribution in [2.75, 3.05) is 13.7 Å². The first-order valence-electron chi connectivity index (χ1n) is 8.88. The van der Waals surface area contributed by atoms with E-state index in [1.807, 2.05) is 0 Å². The molecule has 0 fully saturated rings. The maximum atomic E-state index is 12.4. The van der Waals surface area contributed by atoms with Gasteiger partial charge < -0.3 is 19.5 Å². The van der Waals surface area contributed by atoms with Crippen LogP contribution in [0.3, 0.4) is 0 Å². The van der Waals surface area contributed by atoms with Gasteiger partial charge >= 0.3 is 6.36 Å². The van der Waals surface area contributed by atoms with E-state index in [0.717, 1.165) is 11.1 Å². The van der Waals surface area contributed by atoms with Gasteiger partial charge in [-0.1, -0.05) is 18.7 Å². The first kappa shape index (κ1) is 20.7. The van der Waals surface area contributed by atoms with Crippen LogP contribution in [-0.2, 0) is 24.4 Å². The number of carbonyl (C=O) groups excluding carboxylic acids is 1. The molecule has 0 unspecified atom stereocenters. The van der Waals surface area contributed by atoms with Gasteiger partial charge in [0.15, 0.2) is 0 Å². The highest BCUT2D eigenvalue weighted by molar-refractivity contribution is 5.86. The van der Waals surface area contributed by atoms with Gasteiger partial charge in [0.1, 0.15) is 11.5 Å². The molecule has 0 aliphatic carbocycles. The smallest absolute Gasteiger partial charge is 0.492 e. The molecule has 0 saturated heterocycles. The molecule has 5 nitrogen and oxygen atoms in total. The third kappa shape index (κ3) is 4.54. The number of nitrogens with zero attached hydrogens (tertiary/aromatic N) is 1. The second kappa shape index (κ2) is 8.16. The zero-order chi connectivity index (χ0) is 21.2. The fraction of sp³-hybridized carbons (Fsp3) is 0.286. The molecule has 2 aromatic rings. The van der Waals surface area contributed by atoms with Crippen LogP contribution in [0.2, 0.25) is 0 Å². The Kier molecular flexibility index (Phi) is 5.83. The minimum Gasteiger partial charge on any atom is -0.492 e. The highest BCUT2D eigenvalue weighted by Crippen LogP contribution is 2.41. The number of aliphatic hydroxyl groups excluding tert-OH is 1. The van der Waals surface area contributed by atoms with Crippen molar-refractivity contribution in [2.45, 2.75) is 25.9 Å². The number of halogens is 3. The minimum absolute atomic E-state index is 0.213. The number of likely N-dealkylation sites (N-methyl/N-ethyl adjacent to an activating group) is 1. The summed E-state index contributed by atoms with van der Waals surface area (Å²) >= 11 is 0.